The first kappa shape index (κ1) is 30.0. The minimum atomic E-state index is -1.14. The number of likely N-dealkylation sites (tertiary alicyclic amines) is 1. The zero-order chi connectivity index (χ0) is 31.7. The Labute approximate surface area is 261 Å². The van der Waals surface area contributed by atoms with Gasteiger partial charge in [-0.15, -0.1) is 0 Å². The molecule has 232 valence electrons. The maximum atomic E-state index is 14.8. The molecule has 10 nitrogen and oxygen atoms in total. The van der Waals surface area contributed by atoms with Crippen LogP contribution < -0.4 is 24.7 Å². The molecule has 6 rings (SSSR count). The van der Waals surface area contributed by atoms with Gasteiger partial charge < -0.3 is 29.6 Å². The molecule has 2 N–H and O–H groups in total. The summed E-state index contributed by atoms with van der Waals surface area (Å²) in [7, 11) is 3.03. The number of ketones is 1. The van der Waals surface area contributed by atoms with Gasteiger partial charge in [0.05, 0.1) is 37.8 Å². The number of nitriles is 1. The Morgan fingerprint density at radius 1 is 0.867 bits per heavy atom. The highest BCUT2D eigenvalue weighted by atomic mass is 16.7. The number of benzene rings is 3. The summed E-state index contributed by atoms with van der Waals surface area (Å²) in [6.45, 7) is 0.0555. The van der Waals surface area contributed by atoms with Crippen LogP contribution >= 0.6 is 0 Å². The summed E-state index contributed by atoms with van der Waals surface area (Å²) in [5.41, 5.74) is 8.19. The summed E-state index contributed by atoms with van der Waals surface area (Å²) in [4.78, 5) is 44.5. The molecule has 0 radical (unpaired) electrons. The molecule has 1 saturated carbocycles. The molecule has 45 heavy (non-hydrogen) atoms. The van der Waals surface area contributed by atoms with Crippen molar-refractivity contribution in [3.8, 4) is 29.1 Å². The van der Waals surface area contributed by atoms with E-state index in [0.29, 0.717) is 58.1 Å². The molecular formula is C35H35N3O7. The first-order valence-corrected chi connectivity index (χ1v) is 15.1. The molecule has 10 heteroatoms. The number of hydrogen-bond acceptors (Lipinski definition) is 8. The fraction of sp³-hybridized carbons (Fsp3) is 0.371. The van der Waals surface area contributed by atoms with Gasteiger partial charge in [-0.2, -0.15) is 5.26 Å². The Kier molecular flexibility index (Phi) is 8.35. The normalized spacial score (nSPS) is 22.5. The number of hydrogen-bond donors (Lipinski definition) is 1. The second-order valence-corrected chi connectivity index (χ2v) is 11.7. The summed E-state index contributed by atoms with van der Waals surface area (Å²) in [6.07, 6.45) is 4.26. The summed E-state index contributed by atoms with van der Waals surface area (Å²) >= 11 is 0. The van der Waals surface area contributed by atoms with E-state index in [-0.39, 0.29) is 24.4 Å². The van der Waals surface area contributed by atoms with E-state index in [1.807, 2.05) is 6.07 Å². The van der Waals surface area contributed by atoms with Gasteiger partial charge in [0.1, 0.15) is 6.04 Å². The van der Waals surface area contributed by atoms with E-state index < -0.39 is 29.8 Å². The molecule has 2 heterocycles. The molecule has 0 bridgehead atoms. The van der Waals surface area contributed by atoms with Gasteiger partial charge in [-0.25, -0.2) is 0 Å². The quantitative estimate of drug-likeness (QED) is 0.356. The maximum Gasteiger partial charge on any atom is 0.240 e. The Morgan fingerprint density at radius 2 is 1.56 bits per heavy atom. The van der Waals surface area contributed by atoms with Crippen molar-refractivity contribution in [3.05, 3.63) is 82.9 Å². The molecule has 4 atom stereocenters. The molecule has 1 aliphatic carbocycles. The third kappa shape index (κ3) is 5.43. The Hall–Kier alpha value is -5.04. The second-order valence-electron chi connectivity index (χ2n) is 11.7. The van der Waals surface area contributed by atoms with Crippen LogP contribution in [0.1, 0.15) is 71.1 Å². The van der Waals surface area contributed by atoms with Gasteiger partial charge in [0, 0.05) is 17.4 Å². The second kappa shape index (κ2) is 12.5. The number of amides is 2. The third-order valence-corrected chi connectivity index (χ3v) is 9.30. The summed E-state index contributed by atoms with van der Waals surface area (Å²) < 4.78 is 22.3. The van der Waals surface area contributed by atoms with Gasteiger partial charge in [0.25, 0.3) is 0 Å². The number of ether oxygens (including phenoxy) is 4. The molecule has 1 saturated heterocycles. The van der Waals surface area contributed by atoms with E-state index in [4.69, 9.17) is 24.7 Å². The highest BCUT2D eigenvalue weighted by molar-refractivity contribution is 6.02. The summed E-state index contributed by atoms with van der Waals surface area (Å²) in [6, 6.07) is 17.1. The lowest BCUT2D eigenvalue weighted by atomic mass is 9.76. The van der Waals surface area contributed by atoms with Crippen molar-refractivity contribution in [2.75, 3.05) is 21.0 Å². The monoisotopic (exact) mass is 609 g/mol. The van der Waals surface area contributed by atoms with Crippen molar-refractivity contribution in [1.29, 1.82) is 5.26 Å². The molecule has 3 aromatic carbocycles. The Bertz CT molecular complexity index is 1660. The fourth-order valence-corrected chi connectivity index (χ4v) is 7.18. The number of Topliss-reactive ketones (excluding diaryl/α,β-unsaturated/α-hetero) is 1. The van der Waals surface area contributed by atoms with Gasteiger partial charge >= 0.3 is 0 Å². The predicted octanol–water partition coefficient (Wildman–Crippen LogP) is 4.90. The number of nitrogens with two attached hydrogens (primary N) is 1. The zero-order valence-corrected chi connectivity index (χ0v) is 25.2. The number of nitrogens with zero attached hydrogens (tertiary/aromatic N) is 2. The molecular weight excluding hydrogens is 574 g/mol. The van der Waals surface area contributed by atoms with Crippen LogP contribution in [-0.4, -0.2) is 49.6 Å². The van der Waals surface area contributed by atoms with Crippen LogP contribution in [0.5, 0.6) is 23.0 Å². The van der Waals surface area contributed by atoms with E-state index in [0.717, 1.165) is 19.3 Å². The lowest BCUT2D eigenvalue weighted by molar-refractivity contribution is -0.144. The van der Waals surface area contributed by atoms with E-state index in [2.05, 4.69) is 6.07 Å². The lowest BCUT2D eigenvalue weighted by Gasteiger charge is -2.35. The first-order valence-electron chi connectivity index (χ1n) is 15.1. The summed E-state index contributed by atoms with van der Waals surface area (Å²) in [5, 5.41) is 9.37. The molecule has 2 fully saturated rings. The maximum absolute atomic E-state index is 14.8. The van der Waals surface area contributed by atoms with E-state index >= 15 is 0 Å². The lowest BCUT2D eigenvalue weighted by Crippen LogP contribution is -2.49. The standard InChI is InChI=1S/C35H35N3O7/c1-42-25-14-12-23(16-27(25)43-2)29-30(33(39)21-10-8-20(18-36)9-11-21)31(24-13-15-26-28(17-24)45-19-44-26)38(32(29)34(37)40)35(41)22-6-4-3-5-7-22/h8-17,22,29-32H,3-7,19H2,1-2H3,(H2,37,40). The van der Waals surface area contributed by atoms with E-state index in [1.54, 1.807) is 59.5 Å². The van der Waals surface area contributed by atoms with Crippen molar-refractivity contribution in [1.82, 2.24) is 4.90 Å². The highest BCUT2D eigenvalue weighted by Crippen LogP contribution is 2.54. The van der Waals surface area contributed by atoms with Gasteiger partial charge in [-0.1, -0.05) is 43.5 Å². The average Bonchev–Trinajstić information content (AvgIpc) is 3.70. The van der Waals surface area contributed by atoms with E-state index in [1.165, 1.54) is 14.2 Å². The van der Waals surface area contributed by atoms with Crippen LogP contribution in [0.4, 0.5) is 0 Å². The van der Waals surface area contributed by atoms with Crippen molar-refractivity contribution < 1.29 is 33.3 Å². The van der Waals surface area contributed by atoms with Crippen LogP contribution in [-0.2, 0) is 9.59 Å². The number of methoxy groups -OCH3 is 2. The van der Waals surface area contributed by atoms with Crippen molar-refractivity contribution in [3.63, 3.8) is 0 Å². The molecule has 4 unspecified atom stereocenters. The minimum absolute atomic E-state index is 0.0555. The number of rotatable bonds is 8. The van der Waals surface area contributed by atoms with Crippen LogP contribution in [0.2, 0.25) is 0 Å². The van der Waals surface area contributed by atoms with Crippen LogP contribution in [0.25, 0.3) is 0 Å². The average molecular weight is 610 g/mol. The van der Waals surface area contributed by atoms with Gasteiger partial charge in [-0.3, -0.25) is 14.4 Å². The number of carbonyl (C=O) groups is 3. The van der Waals surface area contributed by atoms with Gasteiger partial charge in [0.15, 0.2) is 28.8 Å². The molecule has 3 aliphatic rings. The Morgan fingerprint density at radius 3 is 2.22 bits per heavy atom. The number of primary amides is 1. The number of fused-ring (bicyclic) bond motifs is 1. The van der Waals surface area contributed by atoms with Crippen molar-refractivity contribution >= 4 is 17.6 Å². The van der Waals surface area contributed by atoms with Gasteiger partial charge in [-0.05, 0) is 60.4 Å². The van der Waals surface area contributed by atoms with Crippen molar-refractivity contribution in [2.45, 2.75) is 50.1 Å². The number of carbonyl (C=O) groups excluding carboxylic acids is 3. The predicted molar refractivity (Wildman–Crippen MR) is 163 cm³/mol. The van der Waals surface area contributed by atoms with E-state index in [9.17, 15) is 19.6 Å². The van der Waals surface area contributed by atoms with Crippen LogP contribution in [0, 0.1) is 23.2 Å². The largest absolute Gasteiger partial charge is 0.493 e. The molecule has 2 aliphatic heterocycles. The van der Waals surface area contributed by atoms with Gasteiger partial charge in [0.2, 0.25) is 18.6 Å². The Balaban J connectivity index is 1.58. The summed E-state index contributed by atoms with van der Waals surface area (Å²) in [5.74, 6) is -1.30. The van der Waals surface area contributed by atoms with Crippen molar-refractivity contribution in [2.24, 2.45) is 17.6 Å². The molecule has 0 aromatic heterocycles. The topological polar surface area (TPSA) is 141 Å². The molecule has 0 spiro atoms. The fourth-order valence-electron chi connectivity index (χ4n) is 7.18. The third-order valence-electron chi connectivity index (χ3n) is 9.30. The smallest absolute Gasteiger partial charge is 0.240 e. The van der Waals surface area contributed by atoms with Crippen LogP contribution in [0.3, 0.4) is 0 Å². The molecule has 2 amide bonds. The minimum Gasteiger partial charge on any atom is -0.493 e. The zero-order valence-electron chi connectivity index (χ0n) is 25.2. The van der Waals surface area contributed by atoms with Crippen LogP contribution in [0.15, 0.2) is 60.7 Å². The first-order chi connectivity index (χ1) is 21.9. The highest BCUT2D eigenvalue weighted by Gasteiger charge is 2.57. The SMILES string of the molecule is COc1ccc(C2C(C(=O)c3ccc(C#N)cc3)C(c3ccc4c(c3)OCO4)N(C(=O)C3CCCCC3)C2C(N)=O)cc1OC. The molecule has 3 aromatic rings.